The maximum atomic E-state index is 5.45. The van der Waals surface area contributed by atoms with Gasteiger partial charge in [-0.3, -0.25) is 9.55 Å². The number of fused-ring (bicyclic) bond motifs is 10. The number of aromatic nitrogens is 4. The van der Waals surface area contributed by atoms with Crippen molar-refractivity contribution in [3.63, 3.8) is 0 Å². The van der Waals surface area contributed by atoms with Crippen molar-refractivity contribution >= 4 is 54.4 Å². The van der Waals surface area contributed by atoms with Gasteiger partial charge in [0.15, 0.2) is 0 Å². The summed E-state index contributed by atoms with van der Waals surface area (Å²) in [5.41, 5.74) is 9.98. The third-order valence-corrected chi connectivity index (χ3v) is 9.56. The van der Waals surface area contributed by atoms with Crippen LogP contribution in [0, 0.1) is 0 Å². The first kappa shape index (κ1) is 26.7. The summed E-state index contributed by atoms with van der Waals surface area (Å²) in [6.45, 7) is 0. The zero-order chi connectivity index (χ0) is 31.6. The van der Waals surface area contributed by atoms with E-state index in [2.05, 4.69) is 172 Å². The molecular formula is C44H28N4. The minimum absolute atomic E-state index is 0.882. The van der Waals surface area contributed by atoms with Crippen LogP contribution in [0.15, 0.2) is 170 Å². The van der Waals surface area contributed by atoms with Crippen molar-refractivity contribution in [3.8, 4) is 33.9 Å². The molecule has 0 N–H and O–H groups in total. The lowest BCUT2D eigenvalue weighted by Gasteiger charge is -2.14. The predicted molar refractivity (Wildman–Crippen MR) is 199 cm³/mol. The molecule has 4 nitrogen and oxygen atoms in total. The molecule has 0 unspecified atom stereocenters. The summed E-state index contributed by atoms with van der Waals surface area (Å²) in [7, 11) is 0. The minimum Gasteiger partial charge on any atom is -0.308 e. The minimum atomic E-state index is 0.882. The van der Waals surface area contributed by atoms with E-state index in [1.54, 1.807) is 0 Å². The van der Waals surface area contributed by atoms with Gasteiger partial charge in [-0.25, -0.2) is 4.98 Å². The standard InChI is InChI=1S/C44H28N4/c1-4-14-29(15-5-1)31-26-37(30-16-6-2-7-17-30)46-40(27-31)48-39-23-13-10-20-34(39)41-33-24-25-45-28-36(33)43-42(44(41)48)35-21-11-12-22-38(35)47(43)32-18-8-3-9-19-32/h1-28H. The summed E-state index contributed by atoms with van der Waals surface area (Å²) < 4.78 is 4.80. The van der Waals surface area contributed by atoms with Gasteiger partial charge in [0.05, 0.1) is 27.8 Å². The molecule has 6 aromatic carbocycles. The molecule has 10 aromatic rings. The van der Waals surface area contributed by atoms with E-state index in [9.17, 15) is 0 Å². The van der Waals surface area contributed by atoms with Gasteiger partial charge in [0, 0.05) is 50.6 Å². The average molecular weight is 613 g/mol. The second-order valence-electron chi connectivity index (χ2n) is 12.2. The molecule has 0 saturated heterocycles. The maximum absolute atomic E-state index is 5.45. The van der Waals surface area contributed by atoms with E-state index in [0.29, 0.717) is 0 Å². The van der Waals surface area contributed by atoms with Gasteiger partial charge < -0.3 is 4.57 Å². The molecule has 224 valence electrons. The Morgan fingerprint density at radius 1 is 0.417 bits per heavy atom. The lowest BCUT2D eigenvalue weighted by molar-refractivity contribution is 1.09. The molecule has 0 aliphatic carbocycles. The van der Waals surface area contributed by atoms with Crippen LogP contribution in [0.2, 0.25) is 0 Å². The van der Waals surface area contributed by atoms with Crippen LogP contribution in [0.5, 0.6) is 0 Å². The molecule has 0 radical (unpaired) electrons. The second-order valence-corrected chi connectivity index (χ2v) is 12.2. The van der Waals surface area contributed by atoms with Gasteiger partial charge in [-0.1, -0.05) is 115 Å². The van der Waals surface area contributed by atoms with Gasteiger partial charge in [0.1, 0.15) is 5.82 Å². The van der Waals surface area contributed by atoms with Crippen molar-refractivity contribution in [1.29, 1.82) is 0 Å². The van der Waals surface area contributed by atoms with Crippen LogP contribution in [-0.2, 0) is 0 Å². The first-order valence-electron chi connectivity index (χ1n) is 16.3. The van der Waals surface area contributed by atoms with Gasteiger partial charge in [-0.15, -0.1) is 0 Å². The normalized spacial score (nSPS) is 11.8. The van der Waals surface area contributed by atoms with Crippen molar-refractivity contribution in [2.24, 2.45) is 0 Å². The van der Waals surface area contributed by atoms with E-state index < -0.39 is 0 Å². The lowest BCUT2D eigenvalue weighted by Crippen LogP contribution is -2.01. The number of pyridine rings is 2. The van der Waals surface area contributed by atoms with Crippen LogP contribution >= 0.6 is 0 Å². The average Bonchev–Trinajstić information content (AvgIpc) is 3.70. The predicted octanol–water partition coefficient (Wildman–Crippen LogP) is 11.2. The van der Waals surface area contributed by atoms with Crippen molar-refractivity contribution < 1.29 is 0 Å². The first-order chi connectivity index (χ1) is 23.8. The monoisotopic (exact) mass is 612 g/mol. The summed E-state index contributed by atoms with van der Waals surface area (Å²) in [5, 5.41) is 7.08. The number of hydrogen-bond acceptors (Lipinski definition) is 2. The van der Waals surface area contributed by atoms with Gasteiger partial charge in [-0.2, -0.15) is 0 Å². The highest BCUT2D eigenvalue weighted by Crippen LogP contribution is 2.46. The summed E-state index contributed by atoms with van der Waals surface area (Å²) in [4.78, 5) is 10.1. The maximum Gasteiger partial charge on any atom is 0.138 e. The second kappa shape index (κ2) is 10.5. The number of para-hydroxylation sites is 3. The first-order valence-corrected chi connectivity index (χ1v) is 16.3. The molecule has 10 rings (SSSR count). The summed E-state index contributed by atoms with van der Waals surface area (Å²) in [6.07, 6.45) is 3.94. The van der Waals surface area contributed by atoms with E-state index >= 15 is 0 Å². The molecular weight excluding hydrogens is 585 g/mol. The zero-order valence-corrected chi connectivity index (χ0v) is 26.0. The topological polar surface area (TPSA) is 35.6 Å². The molecule has 0 fully saturated rings. The van der Waals surface area contributed by atoms with Crippen LogP contribution < -0.4 is 0 Å². The van der Waals surface area contributed by atoms with Gasteiger partial charge in [0.25, 0.3) is 0 Å². The number of hydrogen-bond donors (Lipinski definition) is 0. The van der Waals surface area contributed by atoms with Crippen LogP contribution in [-0.4, -0.2) is 19.1 Å². The Balaban J connectivity index is 1.45. The van der Waals surface area contributed by atoms with E-state index in [0.717, 1.165) is 61.3 Å². The molecule has 4 heterocycles. The Morgan fingerprint density at radius 3 is 1.75 bits per heavy atom. The molecule has 0 aliphatic heterocycles. The van der Waals surface area contributed by atoms with Crippen LogP contribution in [0.1, 0.15) is 0 Å². The fraction of sp³-hybridized carbons (Fsp3) is 0. The Hall–Kier alpha value is -6.52. The van der Waals surface area contributed by atoms with Crippen molar-refractivity contribution in [3.05, 3.63) is 170 Å². The zero-order valence-electron chi connectivity index (χ0n) is 26.0. The Morgan fingerprint density at radius 2 is 1.02 bits per heavy atom. The van der Waals surface area contributed by atoms with Crippen molar-refractivity contribution in [2.75, 3.05) is 0 Å². The van der Waals surface area contributed by atoms with Crippen LogP contribution in [0.25, 0.3) is 88.3 Å². The molecule has 0 bridgehead atoms. The molecule has 4 heteroatoms. The number of nitrogens with zero attached hydrogens (tertiary/aromatic N) is 4. The fourth-order valence-corrected chi connectivity index (χ4v) is 7.55. The molecule has 0 spiro atoms. The van der Waals surface area contributed by atoms with E-state index in [-0.39, 0.29) is 0 Å². The van der Waals surface area contributed by atoms with Crippen molar-refractivity contribution in [1.82, 2.24) is 19.1 Å². The number of benzene rings is 6. The molecule has 0 amide bonds. The highest BCUT2D eigenvalue weighted by Gasteiger charge is 2.25. The summed E-state index contributed by atoms with van der Waals surface area (Å²) in [6, 6.07) is 55.9. The number of rotatable bonds is 4. The van der Waals surface area contributed by atoms with Crippen LogP contribution in [0.3, 0.4) is 0 Å². The molecule has 4 aromatic heterocycles. The Bertz CT molecular complexity index is 2760. The van der Waals surface area contributed by atoms with Gasteiger partial charge >= 0.3 is 0 Å². The molecule has 0 aliphatic rings. The largest absolute Gasteiger partial charge is 0.308 e. The Kier molecular flexibility index (Phi) is 5.84. The smallest absolute Gasteiger partial charge is 0.138 e. The van der Waals surface area contributed by atoms with Crippen molar-refractivity contribution in [2.45, 2.75) is 0 Å². The third-order valence-electron chi connectivity index (χ3n) is 9.56. The van der Waals surface area contributed by atoms with E-state index in [1.807, 2.05) is 12.4 Å². The quantitative estimate of drug-likeness (QED) is 0.198. The van der Waals surface area contributed by atoms with Gasteiger partial charge in [0.2, 0.25) is 0 Å². The molecule has 0 saturated carbocycles. The molecule has 0 atom stereocenters. The van der Waals surface area contributed by atoms with Crippen LogP contribution in [0.4, 0.5) is 0 Å². The third kappa shape index (κ3) is 3.90. The van der Waals surface area contributed by atoms with Gasteiger partial charge in [-0.05, 0) is 59.0 Å². The van der Waals surface area contributed by atoms with E-state index in [1.165, 1.54) is 26.9 Å². The fourth-order valence-electron chi connectivity index (χ4n) is 7.55. The van der Waals surface area contributed by atoms with E-state index in [4.69, 9.17) is 4.98 Å². The Labute approximate surface area is 276 Å². The lowest BCUT2D eigenvalue weighted by atomic mass is 10.0. The highest BCUT2D eigenvalue weighted by molar-refractivity contribution is 6.36. The summed E-state index contributed by atoms with van der Waals surface area (Å²) >= 11 is 0. The molecule has 48 heavy (non-hydrogen) atoms. The highest BCUT2D eigenvalue weighted by atomic mass is 15.1. The summed E-state index contributed by atoms with van der Waals surface area (Å²) in [5.74, 6) is 0.882. The SMILES string of the molecule is c1ccc(-c2cc(-c3ccccc3)nc(-n3c4ccccc4c4c5ccncc5c5c(c6ccccc6n5-c5ccccc5)c43)c2)cc1.